The first-order chi connectivity index (χ1) is 10.2. The molecule has 1 unspecified atom stereocenters. The SMILES string of the molecule is COC(=O)C(Cc1ccccc1)NC(=O)N1CCOCC1. The number of nitrogens with one attached hydrogen (secondary N) is 1. The Morgan fingerprint density at radius 3 is 2.57 bits per heavy atom. The summed E-state index contributed by atoms with van der Waals surface area (Å²) < 4.78 is 9.98. The number of esters is 1. The summed E-state index contributed by atoms with van der Waals surface area (Å²) in [6, 6.07) is 8.58. The Balaban J connectivity index is 1.99. The Morgan fingerprint density at radius 2 is 1.95 bits per heavy atom. The van der Waals surface area contributed by atoms with E-state index < -0.39 is 12.0 Å². The first kappa shape index (κ1) is 15.3. The highest BCUT2D eigenvalue weighted by Gasteiger charge is 2.25. The van der Waals surface area contributed by atoms with Crippen LogP contribution >= 0.6 is 0 Å². The first-order valence-electron chi connectivity index (χ1n) is 6.95. The van der Waals surface area contributed by atoms with Gasteiger partial charge in [0.25, 0.3) is 0 Å². The summed E-state index contributed by atoms with van der Waals surface area (Å²) in [6.07, 6.45) is 0.406. The molecular formula is C15H20N2O4. The van der Waals surface area contributed by atoms with Gasteiger partial charge in [-0.25, -0.2) is 9.59 Å². The molecule has 2 amide bonds. The molecule has 0 saturated carbocycles. The molecule has 21 heavy (non-hydrogen) atoms. The number of hydrogen-bond acceptors (Lipinski definition) is 4. The van der Waals surface area contributed by atoms with E-state index in [0.717, 1.165) is 5.56 Å². The van der Waals surface area contributed by atoms with Crippen LogP contribution in [0, 0.1) is 0 Å². The average molecular weight is 292 g/mol. The third kappa shape index (κ3) is 4.46. The number of ether oxygens (including phenoxy) is 2. The van der Waals surface area contributed by atoms with Gasteiger partial charge in [-0.1, -0.05) is 30.3 Å². The van der Waals surface area contributed by atoms with Crippen molar-refractivity contribution in [2.45, 2.75) is 12.5 Å². The third-order valence-electron chi connectivity index (χ3n) is 3.36. The normalized spacial score (nSPS) is 16.1. The maximum Gasteiger partial charge on any atom is 0.328 e. The van der Waals surface area contributed by atoms with Gasteiger partial charge in [-0.15, -0.1) is 0 Å². The second-order valence-electron chi connectivity index (χ2n) is 4.81. The van der Waals surface area contributed by atoms with Crippen molar-refractivity contribution in [3.63, 3.8) is 0 Å². The Labute approximate surface area is 124 Å². The molecule has 1 aliphatic rings. The van der Waals surface area contributed by atoms with Crippen molar-refractivity contribution >= 4 is 12.0 Å². The Kier molecular flexibility index (Phi) is 5.57. The minimum Gasteiger partial charge on any atom is -0.467 e. The molecule has 0 spiro atoms. The molecule has 1 aromatic rings. The van der Waals surface area contributed by atoms with Gasteiger partial charge in [-0.3, -0.25) is 0 Å². The van der Waals surface area contributed by atoms with E-state index in [9.17, 15) is 9.59 Å². The van der Waals surface area contributed by atoms with Gasteiger partial charge >= 0.3 is 12.0 Å². The summed E-state index contributed by atoms with van der Waals surface area (Å²) in [5.41, 5.74) is 0.968. The number of carbonyl (C=O) groups excluding carboxylic acids is 2. The van der Waals surface area contributed by atoms with Crippen LogP contribution in [-0.4, -0.2) is 56.4 Å². The lowest BCUT2D eigenvalue weighted by Crippen LogP contribution is -2.52. The van der Waals surface area contributed by atoms with Crippen molar-refractivity contribution in [1.82, 2.24) is 10.2 Å². The van der Waals surface area contributed by atoms with E-state index in [4.69, 9.17) is 9.47 Å². The quantitative estimate of drug-likeness (QED) is 0.834. The number of nitrogens with zero attached hydrogens (tertiary/aromatic N) is 1. The lowest BCUT2D eigenvalue weighted by molar-refractivity contribution is -0.142. The molecule has 1 fully saturated rings. The zero-order chi connectivity index (χ0) is 15.1. The molecule has 1 aliphatic heterocycles. The van der Waals surface area contributed by atoms with Crippen molar-refractivity contribution in [1.29, 1.82) is 0 Å². The molecule has 114 valence electrons. The number of hydrogen-bond donors (Lipinski definition) is 1. The highest BCUT2D eigenvalue weighted by Crippen LogP contribution is 2.06. The summed E-state index contributed by atoms with van der Waals surface area (Å²) in [5, 5.41) is 2.74. The van der Waals surface area contributed by atoms with Crippen LogP contribution in [0.25, 0.3) is 0 Å². The van der Waals surface area contributed by atoms with Crippen LogP contribution in [0.2, 0.25) is 0 Å². The van der Waals surface area contributed by atoms with Crippen LogP contribution in [0.15, 0.2) is 30.3 Å². The Morgan fingerprint density at radius 1 is 1.29 bits per heavy atom. The van der Waals surface area contributed by atoms with Gasteiger partial charge in [-0.2, -0.15) is 0 Å². The zero-order valence-electron chi connectivity index (χ0n) is 12.1. The van der Waals surface area contributed by atoms with Crippen molar-refractivity contribution in [2.24, 2.45) is 0 Å². The largest absolute Gasteiger partial charge is 0.467 e. The topological polar surface area (TPSA) is 67.9 Å². The van der Waals surface area contributed by atoms with Crippen molar-refractivity contribution < 1.29 is 19.1 Å². The van der Waals surface area contributed by atoms with Crippen molar-refractivity contribution in [3.8, 4) is 0 Å². The summed E-state index contributed by atoms with van der Waals surface area (Å²) >= 11 is 0. The first-order valence-corrected chi connectivity index (χ1v) is 6.95. The molecule has 1 saturated heterocycles. The molecule has 1 atom stereocenters. The molecular weight excluding hydrogens is 272 g/mol. The summed E-state index contributed by atoms with van der Waals surface area (Å²) in [7, 11) is 1.32. The molecule has 2 rings (SSSR count). The van der Waals surface area contributed by atoms with Crippen LogP contribution in [0.4, 0.5) is 4.79 Å². The van der Waals surface area contributed by atoms with Crippen LogP contribution < -0.4 is 5.32 Å². The number of carbonyl (C=O) groups is 2. The minimum absolute atomic E-state index is 0.260. The smallest absolute Gasteiger partial charge is 0.328 e. The second kappa shape index (κ2) is 7.64. The predicted octanol–water partition coefficient (Wildman–Crippen LogP) is 0.812. The maximum atomic E-state index is 12.2. The lowest BCUT2D eigenvalue weighted by atomic mass is 10.1. The van der Waals surface area contributed by atoms with Crippen LogP contribution in [-0.2, 0) is 20.7 Å². The van der Waals surface area contributed by atoms with E-state index in [1.165, 1.54) is 7.11 Å². The number of methoxy groups -OCH3 is 1. The maximum absolute atomic E-state index is 12.2. The highest BCUT2D eigenvalue weighted by molar-refractivity contribution is 5.83. The minimum atomic E-state index is -0.687. The fraction of sp³-hybridized carbons (Fsp3) is 0.467. The standard InChI is InChI=1S/C15H20N2O4/c1-20-14(18)13(11-12-5-3-2-4-6-12)16-15(19)17-7-9-21-10-8-17/h2-6,13H,7-11H2,1H3,(H,16,19). The van der Waals surface area contributed by atoms with Gasteiger partial charge in [0.05, 0.1) is 20.3 Å². The van der Waals surface area contributed by atoms with E-state index in [2.05, 4.69) is 5.32 Å². The zero-order valence-corrected chi connectivity index (χ0v) is 12.1. The van der Waals surface area contributed by atoms with E-state index in [-0.39, 0.29) is 6.03 Å². The molecule has 6 heteroatoms. The summed E-state index contributed by atoms with van der Waals surface area (Å²) in [6.45, 7) is 2.11. The molecule has 0 aliphatic carbocycles. The molecule has 1 aromatic carbocycles. The van der Waals surface area contributed by atoms with Crippen LogP contribution in [0.5, 0.6) is 0 Å². The van der Waals surface area contributed by atoms with E-state index in [1.807, 2.05) is 30.3 Å². The summed E-state index contributed by atoms with van der Waals surface area (Å²) in [5.74, 6) is -0.444. The fourth-order valence-electron chi connectivity index (χ4n) is 2.19. The van der Waals surface area contributed by atoms with Gasteiger partial charge in [0.1, 0.15) is 6.04 Å². The third-order valence-corrected chi connectivity index (χ3v) is 3.36. The number of rotatable bonds is 4. The molecule has 0 bridgehead atoms. The lowest BCUT2D eigenvalue weighted by Gasteiger charge is -2.28. The van der Waals surface area contributed by atoms with Crippen LogP contribution in [0.3, 0.4) is 0 Å². The average Bonchev–Trinajstić information content (AvgIpc) is 2.55. The number of benzene rings is 1. The Bertz CT molecular complexity index is 472. The van der Waals surface area contributed by atoms with E-state index in [1.54, 1.807) is 4.90 Å². The van der Waals surface area contributed by atoms with Gasteiger partial charge < -0.3 is 19.7 Å². The predicted molar refractivity (Wildman–Crippen MR) is 76.9 cm³/mol. The molecule has 1 heterocycles. The van der Waals surface area contributed by atoms with Crippen molar-refractivity contribution in [2.75, 3.05) is 33.4 Å². The van der Waals surface area contributed by atoms with E-state index in [0.29, 0.717) is 32.7 Å². The van der Waals surface area contributed by atoms with Gasteiger partial charge in [0.2, 0.25) is 0 Å². The van der Waals surface area contributed by atoms with Crippen LogP contribution in [0.1, 0.15) is 5.56 Å². The Hall–Kier alpha value is -2.08. The molecule has 0 aromatic heterocycles. The van der Waals surface area contributed by atoms with Gasteiger partial charge in [0.15, 0.2) is 0 Å². The van der Waals surface area contributed by atoms with Crippen molar-refractivity contribution in [3.05, 3.63) is 35.9 Å². The summed E-state index contributed by atoms with van der Waals surface area (Å²) in [4.78, 5) is 25.7. The highest BCUT2D eigenvalue weighted by atomic mass is 16.5. The number of amides is 2. The monoisotopic (exact) mass is 292 g/mol. The molecule has 0 radical (unpaired) electrons. The van der Waals surface area contributed by atoms with E-state index >= 15 is 0 Å². The second-order valence-corrected chi connectivity index (χ2v) is 4.81. The number of morpholine rings is 1. The fourth-order valence-corrected chi connectivity index (χ4v) is 2.19. The number of urea groups is 1. The van der Waals surface area contributed by atoms with Gasteiger partial charge in [-0.05, 0) is 5.56 Å². The molecule has 6 nitrogen and oxygen atoms in total. The molecule has 1 N–H and O–H groups in total. The van der Waals surface area contributed by atoms with Gasteiger partial charge in [0, 0.05) is 19.5 Å².